The highest BCUT2D eigenvalue weighted by Crippen LogP contribution is 2.20. The fourth-order valence-electron chi connectivity index (χ4n) is 2.31. The normalized spacial score (nSPS) is 10.6. The summed E-state index contributed by atoms with van der Waals surface area (Å²) in [7, 11) is 0. The van der Waals surface area contributed by atoms with Gasteiger partial charge in [0.1, 0.15) is 5.82 Å². The van der Waals surface area contributed by atoms with Gasteiger partial charge in [0.2, 0.25) is 5.91 Å². The molecule has 0 aliphatic heterocycles. The average Bonchev–Trinajstić information content (AvgIpc) is 2.63. The summed E-state index contributed by atoms with van der Waals surface area (Å²) >= 11 is 7.08. The molecule has 0 unspecified atom stereocenters. The first-order valence-corrected chi connectivity index (χ1v) is 9.38. The number of carbonyl (C=O) groups excluding carboxylic acids is 1. The molecule has 27 heavy (non-hydrogen) atoms. The van der Waals surface area contributed by atoms with Crippen molar-refractivity contribution < 1.29 is 9.18 Å². The van der Waals surface area contributed by atoms with Gasteiger partial charge in [0.05, 0.1) is 17.1 Å². The third-order valence-corrected chi connectivity index (χ3v) is 4.77. The maximum Gasteiger partial charge on any atom is 0.251 e. The summed E-state index contributed by atoms with van der Waals surface area (Å²) in [4.78, 5) is 31.0. The first kappa shape index (κ1) is 19.1. The zero-order chi connectivity index (χ0) is 19.2. The number of halogens is 2. The van der Waals surface area contributed by atoms with Crippen LogP contribution in [-0.4, -0.2) is 15.9 Å². The van der Waals surface area contributed by atoms with Crippen LogP contribution >= 0.6 is 23.4 Å². The fourth-order valence-corrected chi connectivity index (χ4v) is 3.34. The molecule has 5 nitrogen and oxygen atoms in total. The highest BCUT2D eigenvalue weighted by Gasteiger charge is 2.10. The molecule has 0 fully saturated rings. The van der Waals surface area contributed by atoms with Gasteiger partial charge in [0.25, 0.3) is 5.56 Å². The molecule has 0 saturated carbocycles. The minimum Gasteiger partial charge on any atom is -0.326 e. The minimum absolute atomic E-state index is 0.0818. The number of benzene rings is 2. The van der Waals surface area contributed by atoms with Gasteiger partial charge in [-0.05, 0) is 23.8 Å². The Kier molecular flexibility index (Phi) is 6.26. The van der Waals surface area contributed by atoms with Gasteiger partial charge in [0, 0.05) is 17.5 Å². The number of hydrogen-bond acceptors (Lipinski definition) is 4. The van der Waals surface area contributed by atoms with E-state index >= 15 is 0 Å². The Labute approximate surface area is 164 Å². The van der Waals surface area contributed by atoms with Crippen LogP contribution in [0.1, 0.15) is 11.3 Å². The number of amides is 1. The SMILES string of the molecule is O=C(Cc1cc(=O)[nH]c(SCc2ccccc2)n1)Nc1ccc(F)c(Cl)c1. The lowest BCUT2D eigenvalue weighted by molar-refractivity contribution is -0.115. The van der Waals surface area contributed by atoms with E-state index in [0.29, 0.717) is 22.3 Å². The van der Waals surface area contributed by atoms with Gasteiger partial charge in [-0.15, -0.1) is 0 Å². The molecule has 8 heteroatoms. The molecule has 3 rings (SSSR count). The van der Waals surface area contributed by atoms with Crippen LogP contribution in [0.25, 0.3) is 0 Å². The summed E-state index contributed by atoms with van der Waals surface area (Å²) in [6.45, 7) is 0. The number of hydrogen-bond donors (Lipinski definition) is 2. The molecule has 1 aromatic heterocycles. The number of aromatic amines is 1. The summed E-state index contributed by atoms with van der Waals surface area (Å²) in [6.07, 6.45) is -0.0855. The molecule has 0 radical (unpaired) electrons. The first-order valence-electron chi connectivity index (χ1n) is 8.01. The van der Waals surface area contributed by atoms with E-state index in [4.69, 9.17) is 11.6 Å². The van der Waals surface area contributed by atoms with Crippen molar-refractivity contribution in [1.29, 1.82) is 0 Å². The van der Waals surface area contributed by atoms with Crippen LogP contribution < -0.4 is 10.9 Å². The Balaban J connectivity index is 1.65. The van der Waals surface area contributed by atoms with Crippen molar-refractivity contribution in [3.8, 4) is 0 Å². The number of rotatable bonds is 6. The number of carbonyl (C=O) groups is 1. The van der Waals surface area contributed by atoms with Crippen molar-refractivity contribution in [2.24, 2.45) is 0 Å². The van der Waals surface area contributed by atoms with E-state index in [1.165, 1.54) is 36.0 Å². The number of aromatic nitrogens is 2. The molecule has 0 atom stereocenters. The Morgan fingerprint density at radius 2 is 1.96 bits per heavy atom. The van der Waals surface area contributed by atoms with Gasteiger partial charge in [0.15, 0.2) is 5.16 Å². The quantitative estimate of drug-likeness (QED) is 0.481. The maximum absolute atomic E-state index is 13.2. The Morgan fingerprint density at radius 1 is 1.19 bits per heavy atom. The van der Waals surface area contributed by atoms with Crippen LogP contribution in [0.2, 0.25) is 5.02 Å². The van der Waals surface area contributed by atoms with Gasteiger partial charge >= 0.3 is 0 Å². The van der Waals surface area contributed by atoms with Gasteiger partial charge in [-0.25, -0.2) is 9.37 Å². The summed E-state index contributed by atoms with van der Waals surface area (Å²) < 4.78 is 13.2. The minimum atomic E-state index is -0.564. The highest BCUT2D eigenvalue weighted by atomic mass is 35.5. The third-order valence-electron chi connectivity index (χ3n) is 3.54. The molecule has 138 valence electrons. The molecule has 0 aliphatic rings. The van der Waals surface area contributed by atoms with Gasteiger partial charge < -0.3 is 10.3 Å². The summed E-state index contributed by atoms with van der Waals surface area (Å²) in [6, 6.07) is 15.0. The zero-order valence-corrected chi connectivity index (χ0v) is 15.6. The van der Waals surface area contributed by atoms with Crippen LogP contribution in [0, 0.1) is 5.82 Å². The summed E-state index contributed by atoms with van der Waals surface area (Å²) in [5.74, 6) is -0.297. The molecule has 0 saturated heterocycles. The molecule has 2 aromatic carbocycles. The van der Waals surface area contributed by atoms with Crippen LogP contribution in [0.15, 0.2) is 64.5 Å². The second-order valence-electron chi connectivity index (χ2n) is 5.67. The summed E-state index contributed by atoms with van der Waals surface area (Å²) in [5.41, 5.74) is 1.49. The van der Waals surface area contributed by atoms with E-state index < -0.39 is 5.82 Å². The Hall–Kier alpha value is -2.64. The van der Waals surface area contributed by atoms with E-state index in [1.54, 1.807) is 0 Å². The number of nitrogens with zero attached hydrogens (tertiary/aromatic N) is 1. The Morgan fingerprint density at radius 3 is 2.70 bits per heavy atom. The maximum atomic E-state index is 13.2. The zero-order valence-electron chi connectivity index (χ0n) is 14.0. The van der Waals surface area contributed by atoms with Crippen molar-refractivity contribution in [3.05, 3.63) is 87.0 Å². The third kappa shape index (κ3) is 5.67. The van der Waals surface area contributed by atoms with E-state index in [9.17, 15) is 14.0 Å². The van der Waals surface area contributed by atoms with E-state index in [1.807, 2.05) is 30.3 Å². The average molecular weight is 404 g/mol. The first-order chi connectivity index (χ1) is 13.0. The number of nitrogens with one attached hydrogen (secondary N) is 2. The monoisotopic (exact) mass is 403 g/mol. The van der Waals surface area contributed by atoms with Crippen molar-refractivity contribution in [3.63, 3.8) is 0 Å². The van der Waals surface area contributed by atoms with Crippen LogP contribution in [0.5, 0.6) is 0 Å². The molecular formula is C19H15ClFN3O2S. The van der Waals surface area contributed by atoms with Crippen molar-refractivity contribution in [2.75, 3.05) is 5.32 Å². The van der Waals surface area contributed by atoms with Gasteiger partial charge in [-0.1, -0.05) is 53.7 Å². The highest BCUT2D eigenvalue weighted by molar-refractivity contribution is 7.98. The number of thioether (sulfide) groups is 1. The van der Waals surface area contributed by atoms with Crippen molar-refractivity contribution in [1.82, 2.24) is 9.97 Å². The standard InChI is InChI=1S/C19H15ClFN3O2S/c20-15-8-13(6-7-16(15)21)22-17(25)9-14-10-18(26)24-19(23-14)27-11-12-4-2-1-3-5-12/h1-8,10H,9,11H2,(H,22,25)(H,23,24,26). The number of anilines is 1. The van der Waals surface area contributed by atoms with Crippen LogP contribution in [-0.2, 0) is 17.0 Å². The number of H-pyrrole nitrogens is 1. The van der Waals surface area contributed by atoms with Gasteiger partial charge in [-0.3, -0.25) is 9.59 Å². The smallest absolute Gasteiger partial charge is 0.251 e. The molecule has 0 bridgehead atoms. The van der Waals surface area contributed by atoms with Gasteiger partial charge in [-0.2, -0.15) is 0 Å². The molecule has 0 spiro atoms. The van der Waals surface area contributed by atoms with Crippen molar-refractivity contribution in [2.45, 2.75) is 17.3 Å². The van der Waals surface area contributed by atoms with Crippen LogP contribution in [0.4, 0.5) is 10.1 Å². The predicted molar refractivity (Wildman–Crippen MR) is 105 cm³/mol. The molecule has 3 aromatic rings. The topological polar surface area (TPSA) is 74.8 Å². The second-order valence-corrected chi connectivity index (χ2v) is 7.04. The lowest BCUT2D eigenvalue weighted by Crippen LogP contribution is -2.18. The van der Waals surface area contributed by atoms with E-state index in [-0.39, 0.29) is 22.9 Å². The largest absolute Gasteiger partial charge is 0.326 e. The molecular weight excluding hydrogens is 389 g/mol. The molecule has 1 heterocycles. The van der Waals surface area contributed by atoms with Crippen molar-refractivity contribution >= 4 is 35.0 Å². The lowest BCUT2D eigenvalue weighted by Gasteiger charge is -2.07. The fraction of sp³-hybridized carbons (Fsp3) is 0.105. The molecule has 0 aliphatic carbocycles. The second kappa shape index (κ2) is 8.83. The van der Waals surface area contributed by atoms with Crippen LogP contribution in [0.3, 0.4) is 0 Å². The lowest BCUT2D eigenvalue weighted by atomic mass is 10.2. The molecule has 2 N–H and O–H groups in total. The van der Waals surface area contributed by atoms with E-state index in [2.05, 4.69) is 15.3 Å². The summed E-state index contributed by atoms with van der Waals surface area (Å²) in [5, 5.41) is 2.97. The molecule has 1 amide bonds. The van der Waals surface area contributed by atoms with E-state index in [0.717, 1.165) is 5.56 Å². The predicted octanol–water partition coefficient (Wildman–Crippen LogP) is 4.04. The Bertz CT molecular complexity index is 1010.